The van der Waals surface area contributed by atoms with Crippen molar-refractivity contribution in [2.45, 2.75) is 44.9 Å². The molecular formula is C17H27N3O2S. The van der Waals surface area contributed by atoms with Gasteiger partial charge in [0.25, 0.3) is 0 Å². The molecule has 0 saturated heterocycles. The lowest BCUT2D eigenvalue weighted by Gasteiger charge is -2.27. The Morgan fingerprint density at radius 2 is 2.04 bits per heavy atom. The van der Waals surface area contributed by atoms with E-state index in [9.17, 15) is 8.42 Å². The maximum atomic E-state index is 12.6. The zero-order valence-electron chi connectivity index (χ0n) is 13.9. The monoisotopic (exact) mass is 337 g/mol. The SMILES string of the molecule is Cn1nccc1C1=CCN(S(=O)(=O)CCC2CCCCC2)CC1. The van der Waals surface area contributed by atoms with Gasteiger partial charge < -0.3 is 0 Å². The fraction of sp³-hybridized carbons (Fsp3) is 0.706. The number of nitrogens with zero attached hydrogens (tertiary/aromatic N) is 3. The molecule has 0 bridgehead atoms. The maximum Gasteiger partial charge on any atom is 0.214 e. The van der Waals surface area contributed by atoms with E-state index < -0.39 is 10.0 Å². The van der Waals surface area contributed by atoms with Crippen molar-refractivity contribution in [1.29, 1.82) is 0 Å². The van der Waals surface area contributed by atoms with Gasteiger partial charge in [-0.1, -0.05) is 38.2 Å². The molecule has 23 heavy (non-hydrogen) atoms. The minimum atomic E-state index is -3.12. The quantitative estimate of drug-likeness (QED) is 0.830. The van der Waals surface area contributed by atoms with Crippen LogP contribution in [0.5, 0.6) is 0 Å². The van der Waals surface area contributed by atoms with Crippen LogP contribution >= 0.6 is 0 Å². The summed E-state index contributed by atoms with van der Waals surface area (Å²) in [4.78, 5) is 0. The van der Waals surface area contributed by atoms with Gasteiger partial charge in [-0.05, 0) is 30.4 Å². The lowest BCUT2D eigenvalue weighted by atomic mass is 9.88. The van der Waals surface area contributed by atoms with Crippen molar-refractivity contribution in [1.82, 2.24) is 14.1 Å². The first-order chi connectivity index (χ1) is 11.1. The fourth-order valence-corrected chi connectivity index (χ4v) is 5.31. The van der Waals surface area contributed by atoms with Crippen LogP contribution in [0.1, 0.15) is 50.6 Å². The lowest BCUT2D eigenvalue weighted by molar-refractivity contribution is 0.346. The smallest absolute Gasteiger partial charge is 0.214 e. The summed E-state index contributed by atoms with van der Waals surface area (Å²) < 4.78 is 28.6. The van der Waals surface area contributed by atoms with Crippen LogP contribution in [0.3, 0.4) is 0 Å². The lowest BCUT2D eigenvalue weighted by Crippen LogP contribution is -2.37. The summed E-state index contributed by atoms with van der Waals surface area (Å²) in [7, 11) is -1.20. The predicted octanol–water partition coefficient (Wildman–Crippen LogP) is 2.81. The molecule has 1 fully saturated rings. The van der Waals surface area contributed by atoms with Crippen molar-refractivity contribution in [3.63, 3.8) is 0 Å². The van der Waals surface area contributed by atoms with Crippen molar-refractivity contribution in [3.05, 3.63) is 24.0 Å². The molecule has 0 amide bonds. The average molecular weight is 337 g/mol. The molecule has 2 aliphatic rings. The second-order valence-electron chi connectivity index (χ2n) is 6.79. The van der Waals surface area contributed by atoms with E-state index >= 15 is 0 Å². The van der Waals surface area contributed by atoms with Gasteiger partial charge in [0, 0.05) is 26.3 Å². The van der Waals surface area contributed by atoms with Crippen molar-refractivity contribution < 1.29 is 8.42 Å². The van der Waals surface area contributed by atoms with Crippen LogP contribution < -0.4 is 0 Å². The molecule has 1 aliphatic carbocycles. The van der Waals surface area contributed by atoms with Gasteiger partial charge in [0.15, 0.2) is 0 Å². The van der Waals surface area contributed by atoms with E-state index in [0.29, 0.717) is 24.8 Å². The highest BCUT2D eigenvalue weighted by Crippen LogP contribution is 2.28. The Hall–Kier alpha value is -1.14. The molecule has 0 aromatic carbocycles. The predicted molar refractivity (Wildman–Crippen MR) is 92.4 cm³/mol. The van der Waals surface area contributed by atoms with Gasteiger partial charge in [-0.2, -0.15) is 9.40 Å². The summed E-state index contributed by atoms with van der Waals surface area (Å²) >= 11 is 0. The van der Waals surface area contributed by atoms with Gasteiger partial charge in [-0.25, -0.2) is 8.42 Å². The average Bonchev–Trinajstić information content (AvgIpc) is 3.00. The molecule has 0 atom stereocenters. The second-order valence-corrected chi connectivity index (χ2v) is 8.87. The second kappa shape index (κ2) is 7.18. The summed E-state index contributed by atoms with van der Waals surface area (Å²) in [6, 6.07) is 1.99. The Morgan fingerprint density at radius 1 is 1.26 bits per heavy atom. The van der Waals surface area contributed by atoms with E-state index in [-0.39, 0.29) is 0 Å². The van der Waals surface area contributed by atoms with Crippen LogP contribution in [0, 0.1) is 5.92 Å². The maximum absolute atomic E-state index is 12.6. The van der Waals surface area contributed by atoms with Crippen LogP contribution in [0.25, 0.3) is 5.57 Å². The van der Waals surface area contributed by atoms with Crippen molar-refractivity contribution in [2.24, 2.45) is 13.0 Å². The molecule has 1 aromatic rings. The molecule has 3 rings (SSSR count). The van der Waals surface area contributed by atoms with E-state index in [1.807, 2.05) is 23.9 Å². The van der Waals surface area contributed by atoms with Gasteiger partial charge in [0.2, 0.25) is 10.0 Å². The van der Waals surface area contributed by atoms with Gasteiger partial charge in [0.05, 0.1) is 11.4 Å². The third-order valence-corrected chi connectivity index (χ3v) is 7.09. The topological polar surface area (TPSA) is 55.2 Å². The Bertz CT molecular complexity index is 657. The summed E-state index contributed by atoms with van der Waals surface area (Å²) in [5, 5.41) is 4.18. The first-order valence-corrected chi connectivity index (χ1v) is 10.3. The minimum Gasteiger partial charge on any atom is -0.268 e. The molecule has 5 nitrogen and oxygen atoms in total. The number of hydrogen-bond acceptors (Lipinski definition) is 3. The molecule has 0 unspecified atom stereocenters. The van der Waals surface area contributed by atoms with Crippen LogP contribution in [0.2, 0.25) is 0 Å². The Balaban J connectivity index is 1.57. The zero-order chi connectivity index (χ0) is 16.3. The van der Waals surface area contributed by atoms with E-state index in [4.69, 9.17) is 0 Å². The van der Waals surface area contributed by atoms with Crippen LogP contribution in [-0.2, 0) is 17.1 Å². The molecule has 1 aromatic heterocycles. The number of hydrogen-bond donors (Lipinski definition) is 0. The summed E-state index contributed by atoms with van der Waals surface area (Å²) in [5.41, 5.74) is 2.29. The Morgan fingerprint density at radius 3 is 2.65 bits per heavy atom. The first-order valence-electron chi connectivity index (χ1n) is 8.71. The normalized spacial score (nSPS) is 21.3. The highest BCUT2D eigenvalue weighted by atomic mass is 32.2. The summed E-state index contributed by atoms with van der Waals surface area (Å²) in [6.45, 7) is 1.08. The Labute approximate surface area is 139 Å². The van der Waals surface area contributed by atoms with Gasteiger partial charge in [-0.15, -0.1) is 0 Å². The van der Waals surface area contributed by atoms with Crippen molar-refractivity contribution >= 4 is 15.6 Å². The highest BCUT2D eigenvalue weighted by molar-refractivity contribution is 7.89. The molecule has 0 radical (unpaired) electrons. The fourth-order valence-electron chi connectivity index (χ4n) is 3.75. The van der Waals surface area contributed by atoms with Crippen molar-refractivity contribution in [2.75, 3.05) is 18.8 Å². The number of aryl methyl sites for hydroxylation is 1. The summed E-state index contributed by atoms with van der Waals surface area (Å²) in [5.74, 6) is 0.927. The first kappa shape index (κ1) is 16.7. The van der Waals surface area contributed by atoms with Gasteiger partial charge in [-0.3, -0.25) is 4.68 Å². The van der Waals surface area contributed by atoms with Gasteiger partial charge >= 0.3 is 0 Å². The molecule has 0 spiro atoms. The third-order valence-electron chi connectivity index (χ3n) is 5.22. The van der Waals surface area contributed by atoms with Crippen LogP contribution in [0.4, 0.5) is 0 Å². The number of aromatic nitrogens is 2. The zero-order valence-corrected chi connectivity index (χ0v) is 14.8. The number of sulfonamides is 1. The highest BCUT2D eigenvalue weighted by Gasteiger charge is 2.26. The molecule has 1 aliphatic heterocycles. The molecule has 6 heteroatoms. The molecule has 2 heterocycles. The van der Waals surface area contributed by atoms with E-state index in [1.165, 1.54) is 37.7 Å². The van der Waals surface area contributed by atoms with Crippen LogP contribution in [0.15, 0.2) is 18.3 Å². The largest absolute Gasteiger partial charge is 0.268 e. The standard InChI is InChI=1S/C17H27N3O2S/c1-19-17(7-11-18-19)16-8-12-20(13-9-16)23(21,22)14-10-15-5-3-2-4-6-15/h7-8,11,15H,2-6,9-10,12-14H2,1H3. The summed E-state index contributed by atoms with van der Waals surface area (Å²) in [6.07, 6.45) is 11.7. The van der Waals surface area contributed by atoms with E-state index in [2.05, 4.69) is 5.10 Å². The molecular weight excluding hydrogens is 310 g/mol. The van der Waals surface area contributed by atoms with Crippen molar-refractivity contribution in [3.8, 4) is 0 Å². The van der Waals surface area contributed by atoms with Crippen LogP contribution in [-0.4, -0.2) is 41.3 Å². The van der Waals surface area contributed by atoms with Gasteiger partial charge in [0.1, 0.15) is 0 Å². The minimum absolute atomic E-state index is 0.312. The molecule has 0 N–H and O–H groups in total. The third kappa shape index (κ3) is 4.04. The van der Waals surface area contributed by atoms with E-state index in [0.717, 1.165) is 18.5 Å². The van der Waals surface area contributed by atoms with E-state index in [1.54, 1.807) is 10.5 Å². The number of rotatable bonds is 5. The molecule has 1 saturated carbocycles. The molecule has 128 valence electrons. The Kier molecular flexibility index (Phi) is 5.21.